The van der Waals surface area contributed by atoms with Crippen LogP contribution in [0, 0.1) is 5.92 Å². The highest BCUT2D eigenvalue weighted by Crippen LogP contribution is 2.33. The van der Waals surface area contributed by atoms with E-state index in [1.54, 1.807) is 0 Å². The van der Waals surface area contributed by atoms with E-state index in [-0.39, 0.29) is 0 Å². The van der Waals surface area contributed by atoms with Crippen LogP contribution >= 0.6 is 0 Å². The monoisotopic (exact) mass is 229 g/mol. The highest BCUT2D eigenvalue weighted by molar-refractivity contribution is 5.81. The molecule has 3 rings (SSSR count). The number of aryl methyl sites for hydroxylation is 1. The van der Waals surface area contributed by atoms with Crippen molar-refractivity contribution in [2.75, 3.05) is 6.61 Å². The fraction of sp³-hybridized carbons (Fsp3) is 0.467. The van der Waals surface area contributed by atoms with Crippen LogP contribution in [0.1, 0.15) is 26.2 Å². The molecule has 1 aliphatic rings. The summed E-state index contributed by atoms with van der Waals surface area (Å²) in [6.45, 7) is 3.90. The Labute approximate surface area is 102 Å². The van der Waals surface area contributed by atoms with Gasteiger partial charge in [0.15, 0.2) is 0 Å². The van der Waals surface area contributed by atoms with E-state index in [1.165, 1.54) is 30.2 Å². The number of benzene rings is 1. The number of hydrogen-bond donors (Lipinski definition) is 0. The summed E-state index contributed by atoms with van der Waals surface area (Å²) in [5.41, 5.74) is 1.33. The zero-order chi connectivity index (χ0) is 11.7. The number of nitrogens with zero attached hydrogens (tertiary/aromatic N) is 1. The predicted octanol–water partition coefficient (Wildman–Crippen LogP) is 3.84. The van der Waals surface area contributed by atoms with Gasteiger partial charge in [-0.3, -0.25) is 0 Å². The van der Waals surface area contributed by atoms with Crippen LogP contribution in [0.15, 0.2) is 30.5 Å². The summed E-state index contributed by atoms with van der Waals surface area (Å²) in [5, 5.41) is 1.28. The Bertz CT molecular complexity index is 511. The minimum atomic E-state index is 0.730. The summed E-state index contributed by atoms with van der Waals surface area (Å²) < 4.78 is 7.89. The second-order valence-corrected chi connectivity index (χ2v) is 4.89. The lowest BCUT2D eigenvalue weighted by Crippen LogP contribution is -1.97. The maximum atomic E-state index is 5.52. The van der Waals surface area contributed by atoms with Crippen molar-refractivity contribution in [2.45, 2.75) is 32.7 Å². The fourth-order valence-corrected chi connectivity index (χ4v) is 2.36. The van der Waals surface area contributed by atoms with Crippen molar-refractivity contribution in [1.82, 2.24) is 4.57 Å². The first-order valence-electron chi connectivity index (χ1n) is 6.58. The average molecular weight is 229 g/mol. The van der Waals surface area contributed by atoms with Gasteiger partial charge in [-0.25, -0.2) is 0 Å². The molecular formula is C15H19NO. The van der Waals surface area contributed by atoms with Gasteiger partial charge >= 0.3 is 0 Å². The van der Waals surface area contributed by atoms with Crippen molar-refractivity contribution in [3.63, 3.8) is 0 Å². The molecule has 90 valence electrons. The van der Waals surface area contributed by atoms with Gasteiger partial charge in [0, 0.05) is 23.6 Å². The molecule has 0 aliphatic heterocycles. The Hall–Kier alpha value is -1.44. The van der Waals surface area contributed by atoms with E-state index >= 15 is 0 Å². The normalized spacial score (nSPS) is 15.4. The van der Waals surface area contributed by atoms with Crippen molar-refractivity contribution < 1.29 is 4.74 Å². The lowest BCUT2D eigenvalue weighted by molar-refractivity contribution is 0.340. The number of aromatic nitrogens is 1. The molecule has 1 aromatic carbocycles. The average Bonchev–Trinajstić information content (AvgIpc) is 3.08. The third-order valence-corrected chi connectivity index (χ3v) is 3.53. The second kappa shape index (κ2) is 4.44. The lowest BCUT2D eigenvalue weighted by Gasteiger charge is -2.06. The summed E-state index contributed by atoms with van der Waals surface area (Å²) in [4.78, 5) is 0. The van der Waals surface area contributed by atoms with Crippen LogP contribution in [0.3, 0.4) is 0 Å². The zero-order valence-electron chi connectivity index (χ0n) is 10.4. The third-order valence-electron chi connectivity index (χ3n) is 3.53. The first-order valence-corrected chi connectivity index (χ1v) is 6.58. The maximum Gasteiger partial charge on any atom is 0.120 e. The van der Waals surface area contributed by atoms with E-state index < -0.39 is 0 Å². The van der Waals surface area contributed by atoms with E-state index in [9.17, 15) is 0 Å². The van der Waals surface area contributed by atoms with Crippen LogP contribution in [0.5, 0.6) is 5.75 Å². The van der Waals surface area contributed by atoms with E-state index in [0.29, 0.717) is 0 Å². The van der Waals surface area contributed by atoms with Crippen LogP contribution in [-0.2, 0) is 6.54 Å². The standard InChI is InChI=1S/C15H19NO/c1-2-17-14-5-6-15-13(11-14)8-10-16(15)9-7-12-3-4-12/h5-6,8,10-12H,2-4,7,9H2,1H3. The summed E-state index contributed by atoms with van der Waals surface area (Å²) in [6, 6.07) is 8.56. The minimum Gasteiger partial charge on any atom is -0.494 e. The molecule has 1 heterocycles. The molecule has 17 heavy (non-hydrogen) atoms. The van der Waals surface area contributed by atoms with Crippen LogP contribution in [-0.4, -0.2) is 11.2 Å². The molecule has 2 aromatic rings. The highest BCUT2D eigenvalue weighted by Gasteiger charge is 2.20. The quantitative estimate of drug-likeness (QED) is 0.759. The molecule has 0 N–H and O–H groups in total. The van der Waals surface area contributed by atoms with Gasteiger partial charge in [-0.2, -0.15) is 0 Å². The molecule has 2 heteroatoms. The first kappa shape index (κ1) is 10.7. The van der Waals surface area contributed by atoms with Gasteiger partial charge in [0.1, 0.15) is 5.75 Å². The number of hydrogen-bond acceptors (Lipinski definition) is 1. The van der Waals surface area contributed by atoms with Gasteiger partial charge in [-0.15, -0.1) is 0 Å². The van der Waals surface area contributed by atoms with Crippen LogP contribution in [0.25, 0.3) is 10.9 Å². The molecule has 0 bridgehead atoms. The molecule has 0 unspecified atom stereocenters. The number of ether oxygens (including phenoxy) is 1. The molecule has 0 radical (unpaired) electrons. The summed E-state index contributed by atoms with van der Waals surface area (Å²) in [5.74, 6) is 1.97. The highest BCUT2D eigenvalue weighted by atomic mass is 16.5. The predicted molar refractivity (Wildman–Crippen MR) is 70.4 cm³/mol. The SMILES string of the molecule is CCOc1ccc2c(ccn2CCC2CC2)c1. The molecule has 0 amide bonds. The van der Waals surface area contributed by atoms with Gasteiger partial charge in [-0.1, -0.05) is 12.8 Å². The second-order valence-electron chi connectivity index (χ2n) is 4.89. The lowest BCUT2D eigenvalue weighted by atomic mass is 10.2. The maximum absolute atomic E-state index is 5.52. The summed E-state index contributed by atoms with van der Waals surface area (Å²) in [6.07, 6.45) is 6.40. The Kier molecular flexibility index (Phi) is 2.79. The Morgan fingerprint density at radius 3 is 2.94 bits per heavy atom. The molecule has 1 aliphatic carbocycles. The van der Waals surface area contributed by atoms with Gasteiger partial charge in [0.25, 0.3) is 0 Å². The summed E-state index contributed by atoms with van der Waals surface area (Å²) >= 11 is 0. The first-order chi connectivity index (χ1) is 8.36. The molecule has 0 atom stereocenters. The topological polar surface area (TPSA) is 14.2 Å². The van der Waals surface area contributed by atoms with Crippen LogP contribution in [0.4, 0.5) is 0 Å². The Balaban J connectivity index is 1.82. The molecule has 0 saturated heterocycles. The van der Waals surface area contributed by atoms with E-state index in [0.717, 1.165) is 24.8 Å². The van der Waals surface area contributed by atoms with Gasteiger partial charge in [0.05, 0.1) is 6.61 Å². The molecule has 1 saturated carbocycles. The van der Waals surface area contributed by atoms with Crippen molar-refractivity contribution in [3.05, 3.63) is 30.5 Å². The molecule has 1 aromatic heterocycles. The van der Waals surface area contributed by atoms with Crippen molar-refractivity contribution >= 4 is 10.9 Å². The van der Waals surface area contributed by atoms with Crippen molar-refractivity contribution in [3.8, 4) is 5.75 Å². The fourth-order valence-electron chi connectivity index (χ4n) is 2.36. The number of fused-ring (bicyclic) bond motifs is 1. The molecule has 1 fully saturated rings. The molecular weight excluding hydrogens is 210 g/mol. The smallest absolute Gasteiger partial charge is 0.120 e. The Morgan fingerprint density at radius 2 is 2.18 bits per heavy atom. The van der Waals surface area contributed by atoms with E-state index in [2.05, 4.69) is 35.0 Å². The number of rotatable bonds is 5. The van der Waals surface area contributed by atoms with Gasteiger partial charge in [-0.05, 0) is 43.5 Å². The van der Waals surface area contributed by atoms with Crippen molar-refractivity contribution in [1.29, 1.82) is 0 Å². The Morgan fingerprint density at radius 1 is 1.29 bits per heavy atom. The minimum absolute atomic E-state index is 0.730. The molecule has 0 spiro atoms. The van der Waals surface area contributed by atoms with Crippen molar-refractivity contribution in [2.24, 2.45) is 5.92 Å². The third kappa shape index (κ3) is 2.31. The summed E-state index contributed by atoms with van der Waals surface area (Å²) in [7, 11) is 0. The van der Waals surface area contributed by atoms with E-state index in [4.69, 9.17) is 4.74 Å². The molecule has 2 nitrogen and oxygen atoms in total. The van der Waals surface area contributed by atoms with Crippen LogP contribution in [0.2, 0.25) is 0 Å². The van der Waals surface area contributed by atoms with Crippen LogP contribution < -0.4 is 4.74 Å². The van der Waals surface area contributed by atoms with E-state index in [1.807, 2.05) is 6.92 Å². The largest absolute Gasteiger partial charge is 0.494 e. The van der Waals surface area contributed by atoms with Gasteiger partial charge < -0.3 is 9.30 Å². The zero-order valence-corrected chi connectivity index (χ0v) is 10.4. The van der Waals surface area contributed by atoms with Gasteiger partial charge in [0.2, 0.25) is 0 Å².